The van der Waals surface area contributed by atoms with Crippen molar-refractivity contribution in [1.82, 2.24) is 20.3 Å². The molecule has 0 saturated carbocycles. The van der Waals surface area contributed by atoms with E-state index in [-0.39, 0.29) is 5.91 Å². The number of hydrogen-bond acceptors (Lipinski definition) is 6. The van der Waals surface area contributed by atoms with Crippen LogP contribution >= 0.6 is 0 Å². The fourth-order valence-electron chi connectivity index (χ4n) is 5.57. The van der Waals surface area contributed by atoms with E-state index in [0.717, 1.165) is 61.8 Å². The minimum atomic E-state index is -0.103. The average Bonchev–Trinajstić information content (AvgIpc) is 3.55. The molecule has 42 heavy (non-hydrogen) atoms. The fraction of sp³-hybridized carbons (Fsp3) is 0.265. The summed E-state index contributed by atoms with van der Waals surface area (Å²) in [6.07, 6.45) is 0.676. The Hall–Kier alpha value is -4.69. The number of nitrogens with zero attached hydrogens (tertiary/aromatic N) is 3. The van der Waals surface area contributed by atoms with Crippen LogP contribution in [0, 0.1) is 20.8 Å². The third-order valence-electron chi connectivity index (χ3n) is 7.69. The lowest BCUT2D eigenvalue weighted by Gasteiger charge is -2.23. The lowest BCUT2D eigenvalue weighted by Crippen LogP contribution is -2.34. The highest BCUT2D eigenvalue weighted by Crippen LogP contribution is 2.32. The van der Waals surface area contributed by atoms with Crippen LogP contribution in [0.5, 0.6) is 5.75 Å². The normalized spacial score (nSPS) is 14.1. The van der Waals surface area contributed by atoms with Gasteiger partial charge in [-0.15, -0.1) is 0 Å². The molecule has 8 heteroatoms. The van der Waals surface area contributed by atoms with Gasteiger partial charge >= 0.3 is 0 Å². The van der Waals surface area contributed by atoms with Gasteiger partial charge in [0.15, 0.2) is 0 Å². The molecule has 0 spiro atoms. The molecule has 2 aromatic heterocycles. The summed E-state index contributed by atoms with van der Waals surface area (Å²) in [5, 5.41) is 11.6. The number of amides is 1. The van der Waals surface area contributed by atoms with E-state index in [1.807, 2.05) is 68.1 Å². The van der Waals surface area contributed by atoms with Gasteiger partial charge in [0, 0.05) is 36.2 Å². The Kier molecular flexibility index (Phi) is 7.88. The third kappa shape index (κ3) is 5.71. The van der Waals surface area contributed by atoms with Crippen molar-refractivity contribution in [1.29, 1.82) is 0 Å². The molecule has 0 aliphatic carbocycles. The lowest BCUT2D eigenvalue weighted by atomic mass is 9.96. The van der Waals surface area contributed by atoms with Crippen molar-refractivity contribution in [2.45, 2.75) is 33.7 Å². The molecule has 6 rings (SSSR count). The molecule has 3 heterocycles. The number of aryl methyl sites for hydroxylation is 2. The number of hydrogen-bond donors (Lipinski definition) is 1. The molecule has 1 amide bonds. The smallest absolute Gasteiger partial charge is 0.272 e. The van der Waals surface area contributed by atoms with Crippen LogP contribution in [0.4, 0.5) is 0 Å². The molecule has 8 nitrogen and oxygen atoms in total. The summed E-state index contributed by atoms with van der Waals surface area (Å²) >= 11 is 0. The number of aromatic amines is 1. The molecule has 0 radical (unpaired) electrons. The number of aromatic nitrogens is 3. The van der Waals surface area contributed by atoms with Crippen LogP contribution in [0.2, 0.25) is 0 Å². The van der Waals surface area contributed by atoms with Crippen molar-refractivity contribution in [2.24, 2.45) is 0 Å². The second-order valence-electron chi connectivity index (χ2n) is 10.6. The van der Waals surface area contributed by atoms with E-state index in [9.17, 15) is 4.79 Å². The SMILES string of the molecule is Cc1noc(C)c1-c1ccc2c(c1)Cc1cccc(c1)CN(C(=O)c1[nH]nc(-c3ccccc3)c1C)CCOCCO2. The van der Waals surface area contributed by atoms with Gasteiger partial charge in [0.05, 0.1) is 24.6 Å². The summed E-state index contributed by atoms with van der Waals surface area (Å²) < 4.78 is 17.5. The monoisotopic (exact) mass is 562 g/mol. The van der Waals surface area contributed by atoms with Crippen LogP contribution in [0.15, 0.2) is 77.3 Å². The summed E-state index contributed by atoms with van der Waals surface area (Å²) in [7, 11) is 0. The van der Waals surface area contributed by atoms with E-state index >= 15 is 0 Å². The second kappa shape index (κ2) is 12.0. The number of fused-ring (bicyclic) bond motifs is 3. The van der Waals surface area contributed by atoms with Crippen molar-refractivity contribution in [3.63, 3.8) is 0 Å². The maximum Gasteiger partial charge on any atom is 0.272 e. The second-order valence-corrected chi connectivity index (χ2v) is 10.6. The van der Waals surface area contributed by atoms with Gasteiger partial charge in [0.25, 0.3) is 5.91 Å². The molecule has 1 N–H and O–H groups in total. The minimum Gasteiger partial charge on any atom is -0.491 e. The van der Waals surface area contributed by atoms with E-state index in [2.05, 4.69) is 45.7 Å². The Morgan fingerprint density at radius 3 is 2.52 bits per heavy atom. The number of carbonyl (C=O) groups is 1. The fourth-order valence-corrected chi connectivity index (χ4v) is 5.57. The van der Waals surface area contributed by atoms with Crippen molar-refractivity contribution in [3.8, 4) is 28.1 Å². The zero-order valence-corrected chi connectivity index (χ0v) is 24.1. The highest BCUT2D eigenvalue weighted by atomic mass is 16.5. The van der Waals surface area contributed by atoms with Gasteiger partial charge in [-0.1, -0.05) is 65.8 Å². The molecule has 0 unspecified atom stereocenters. The number of H-pyrrole nitrogens is 1. The quantitative estimate of drug-likeness (QED) is 0.277. The zero-order valence-electron chi connectivity index (χ0n) is 24.1. The minimum absolute atomic E-state index is 0.103. The summed E-state index contributed by atoms with van der Waals surface area (Å²) in [6, 6.07) is 24.5. The van der Waals surface area contributed by atoms with E-state index in [4.69, 9.17) is 14.0 Å². The number of rotatable bonds is 3. The molecule has 1 aliphatic heterocycles. The van der Waals surface area contributed by atoms with Crippen LogP contribution in [0.3, 0.4) is 0 Å². The maximum absolute atomic E-state index is 13.8. The first-order valence-electron chi connectivity index (χ1n) is 14.2. The van der Waals surface area contributed by atoms with Crippen LogP contribution in [0.1, 0.15) is 44.2 Å². The van der Waals surface area contributed by atoms with Crippen molar-refractivity contribution < 1.29 is 18.8 Å². The molecule has 0 fully saturated rings. The number of nitrogens with one attached hydrogen (secondary N) is 1. The predicted octanol–water partition coefficient (Wildman–Crippen LogP) is 6.30. The molecule has 0 saturated heterocycles. The largest absolute Gasteiger partial charge is 0.491 e. The molecule has 214 valence electrons. The number of benzene rings is 3. The molecular formula is C34H34N4O4. The first kappa shape index (κ1) is 27.5. The van der Waals surface area contributed by atoms with Gasteiger partial charge in [-0.2, -0.15) is 5.10 Å². The molecule has 3 aromatic carbocycles. The van der Waals surface area contributed by atoms with Crippen LogP contribution in [0.25, 0.3) is 22.4 Å². The van der Waals surface area contributed by atoms with Crippen molar-refractivity contribution in [2.75, 3.05) is 26.4 Å². The van der Waals surface area contributed by atoms with Crippen molar-refractivity contribution in [3.05, 3.63) is 112 Å². The third-order valence-corrected chi connectivity index (χ3v) is 7.69. The summed E-state index contributed by atoms with van der Waals surface area (Å²) in [4.78, 5) is 15.7. The molecule has 0 atom stereocenters. The highest BCUT2D eigenvalue weighted by Gasteiger charge is 2.23. The Labute approximate surface area is 245 Å². The van der Waals surface area contributed by atoms with E-state index in [0.29, 0.717) is 45.0 Å². The van der Waals surface area contributed by atoms with Gasteiger partial charge < -0.3 is 18.9 Å². The summed E-state index contributed by atoms with van der Waals surface area (Å²) in [6.45, 7) is 7.94. The van der Waals surface area contributed by atoms with Gasteiger partial charge in [-0.25, -0.2) is 0 Å². The lowest BCUT2D eigenvalue weighted by molar-refractivity contribution is 0.0566. The Morgan fingerprint density at radius 2 is 1.71 bits per heavy atom. The predicted molar refractivity (Wildman–Crippen MR) is 160 cm³/mol. The topological polar surface area (TPSA) is 93.5 Å². The van der Waals surface area contributed by atoms with E-state index in [1.54, 1.807) is 0 Å². The Bertz CT molecular complexity index is 1690. The van der Waals surface area contributed by atoms with Gasteiger partial charge in [0.2, 0.25) is 0 Å². The first-order valence-corrected chi connectivity index (χ1v) is 14.2. The number of ether oxygens (including phenoxy) is 2. The Balaban J connectivity index is 1.29. The van der Waals surface area contributed by atoms with Crippen LogP contribution < -0.4 is 4.74 Å². The Morgan fingerprint density at radius 1 is 0.881 bits per heavy atom. The molecular weight excluding hydrogens is 528 g/mol. The van der Waals surface area contributed by atoms with Crippen molar-refractivity contribution >= 4 is 5.91 Å². The zero-order chi connectivity index (χ0) is 29.1. The van der Waals surface area contributed by atoms with E-state index < -0.39 is 0 Å². The van der Waals surface area contributed by atoms with Gasteiger partial charge in [0.1, 0.15) is 23.8 Å². The van der Waals surface area contributed by atoms with E-state index in [1.165, 1.54) is 0 Å². The van der Waals surface area contributed by atoms with Gasteiger partial charge in [-0.05, 0) is 55.2 Å². The van der Waals surface area contributed by atoms with Crippen LogP contribution in [-0.2, 0) is 17.7 Å². The average molecular weight is 563 g/mol. The first-order chi connectivity index (χ1) is 20.5. The summed E-state index contributed by atoms with van der Waals surface area (Å²) in [5.41, 5.74) is 9.24. The summed E-state index contributed by atoms with van der Waals surface area (Å²) in [5.74, 6) is 1.52. The van der Waals surface area contributed by atoms with Gasteiger partial charge in [-0.3, -0.25) is 9.89 Å². The molecule has 1 aliphatic rings. The standard InChI is InChI=1S/C34H34N4O4/c1-22-32(27-10-5-4-6-11-27)35-36-33(22)34(39)38-14-15-40-16-17-41-30-13-12-28(31-23(2)37-42-24(31)3)20-29(30)19-25-8-7-9-26(18-25)21-38/h4-13,18,20H,14-17,19,21H2,1-3H3,(H,35,36). The highest BCUT2D eigenvalue weighted by molar-refractivity contribution is 5.95. The molecule has 2 bridgehead atoms. The maximum atomic E-state index is 13.8. The number of carbonyl (C=O) groups excluding carboxylic acids is 1. The van der Waals surface area contributed by atoms with Crippen LogP contribution in [-0.4, -0.2) is 52.5 Å². The molecule has 5 aromatic rings.